The number of carbonyl (C=O) groups is 1. The predicted octanol–water partition coefficient (Wildman–Crippen LogP) is 3.57. The first-order valence-corrected chi connectivity index (χ1v) is 7.60. The van der Waals surface area contributed by atoms with Crippen LogP contribution in [-0.4, -0.2) is 12.6 Å². The van der Waals surface area contributed by atoms with E-state index < -0.39 is 0 Å². The molecule has 0 saturated heterocycles. The fraction of sp³-hybridized carbons (Fsp3) is 0.812. The topological polar surface area (TPSA) is 26.3 Å². The second-order valence-corrected chi connectivity index (χ2v) is 6.22. The Labute approximate surface area is 110 Å². The Bertz CT molecular complexity index is 373. The molecule has 0 spiro atoms. The van der Waals surface area contributed by atoms with Crippen molar-refractivity contribution in [3.63, 3.8) is 0 Å². The Morgan fingerprint density at radius 3 is 2.89 bits per heavy atom. The summed E-state index contributed by atoms with van der Waals surface area (Å²) >= 11 is 0. The molecule has 2 heteroatoms. The highest BCUT2D eigenvalue weighted by Gasteiger charge is 2.77. The van der Waals surface area contributed by atoms with E-state index in [0.29, 0.717) is 29.8 Å². The van der Waals surface area contributed by atoms with Crippen molar-refractivity contribution in [1.29, 1.82) is 0 Å². The molecule has 0 aromatic rings. The number of rotatable bonds is 6. The van der Waals surface area contributed by atoms with Gasteiger partial charge in [0.25, 0.3) is 0 Å². The van der Waals surface area contributed by atoms with Gasteiger partial charge in [-0.2, -0.15) is 0 Å². The quantitative estimate of drug-likeness (QED) is 0.408. The number of allylic oxidation sites excluding steroid dienone is 2. The number of hydrogen-bond donors (Lipinski definition) is 0. The van der Waals surface area contributed by atoms with Gasteiger partial charge in [0, 0.05) is 0 Å². The van der Waals surface area contributed by atoms with Crippen LogP contribution in [0, 0.1) is 29.1 Å². The van der Waals surface area contributed by atoms with E-state index in [9.17, 15) is 4.79 Å². The maximum atomic E-state index is 12.1. The molecule has 3 rings (SSSR count). The molecular formula is C16H24O2. The Kier molecular flexibility index (Phi) is 2.99. The summed E-state index contributed by atoms with van der Waals surface area (Å²) in [5.41, 5.74) is 0.306. The van der Waals surface area contributed by atoms with Gasteiger partial charge in [0.1, 0.15) is 0 Å². The van der Waals surface area contributed by atoms with Crippen LogP contribution in [0.1, 0.15) is 46.0 Å². The fourth-order valence-electron chi connectivity index (χ4n) is 4.79. The molecular weight excluding hydrogens is 224 g/mol. The molecule has 0 N–H and O–H groups in total. The van der Waals surface area contributed by atoms with Crippen LogP contribution in [0.5, 0.6) is 0 Å². The second kappa shape index (κ2) is 4.40. The van der Waals surface area contributed by atoms with Crippen molar-refractivity contribution in [2.24, 2.45) is 29.1 Å². The summed E-state index contributed by atoms with van der Waals surface area (Å²) in [4.78, 5) is 12.1. The first kappa shape index (κ1) is 12.3. The zero-order valence-electron chi connectivity index (χ0n) is 11.5. The Balaban J connectivity index is 1.72. The summed E-state index contributed by atoms with van der Waals surface area (Å²) in [6.45, 7) is 4.67. The van der Waals surface area contributed by atoms with Gasteiger partial charge in [-0.05, 0) is 42.9 Å². The van der Waals surface area contributed by atoms with Gasteiger partial charge >= 0.3 is 5.97 Å². The molecule has 0 aliphatic heterocycles. The van der Waals surface area contributed by atoms with E-state index in [1.165, 1.54) is 32.1 Å². The summed E-state index contributed by atoms with van der Waals surface area (Å²) in [7, 11) is 0. The molecule has 3 aliphatic carbocycles. The van der Waals surface area contributed by atoms with Crippen LogP contribution in [0.3, 0.4) is 0 Å². The monoisotopic (exact) mass is 248 g/mol. The van der Waals surface area contributed by atoms with Crippen LogP contribution in [0.25, 0.3) is 0 Å². The lowest BCUT2D eigenvalue weighted by molar-refractivity contribution is -0.146. The zero-order valence-corrected chi connectivity index (χ0v) is 11.5. The standard InChI is InChI=1S/C16H24O2/c1-3-5-6-9-16-12-8-7-11(10-12)13(16)14(16)15(17)18-4-2/h7-8,11-14H,3-6,9-10H2,1-2H3/t11?,12?,13?,14-,16?/m1/s1. The summed E-state index contributed by atoms with van der Waals surface area (Å²) < 4.78 is 5.29. The van der Waals surface area contributed by atoms with Crippen molar-refractivity contribution in [2.45, 2.75) is 46.0 Å². The maximum absolute atomic E-state index is 12.1. The van der Waals surface area contributed by atoms with Gasteiger partial charge in [0.05, 0.1) is 12.5 Å². The number of ether oxygens (including phenoxy) is 1. The molecule has 2 nitrogen and oxygen atoms in total. The lowest BCUT2D eigenvalue weighted by Gasteiger charge is -2.21. The zero-order chi connectivity index (χ0) is 12.8. The lowest BCUT2D eigenvalue weighted by atomic mass is 9.83. The number of unbranched alkanes of at least 4 members (excludes halogenated alkanes) is 2. The highest BCUT2D eigenvalue weighted by atomic mass is 16.5. The van der Waals surface area contributed by atoms with E-state index >= 15 is 0 Å². The van der Waals surface area contributed by atoms with Gasteiger partial charge in [0.2, 0.25) is 0 Å². The molecule has 2 bridgehead atoms. The molecule has 5 atom stereocenters. The van der Waals surface area contributed by atoms with Crippen molar-refractivity contribution in [3.05, 3.63) is 12.2 Å². The van der Waals surface area contributed by atoms with Gasteiger partial charge in [-0.3, -0.25) is 4.79 Å². The highest BCUT2D eigenvalue weighted by molar-refractivity contribution is 5.79. The van der Waals surface area contributed by atoms with E-state index in [1.807, 2.05) is 6.92 Å². The molecule has 2 saturated carbocycles. The van der Waals surface area contributed by atoms with Crippen LogP contribution in [0.4, 0.5) is 0 Å². The SMILES string of the molecule is CCCCCC12C3C=CC(C3)C1[C@@H]2C(=O)OCC. The molecule has 3 aliphatic rings. The third kappa shape index (κ3) is 1.50. The minimum atomic E-state index is 0.0809. The van der Waals surface area contributed by atoms with Gasteiger partial charge in [-0.15, -0.1) is 0 Å². The highest BCUT2D eigenvalue weighted by Crippen LogP contribution is 2.78. The van der Waals surface area contributed by atoms with Gasteiger partial charge in [-0.25, -0.2) is 0 Å². The van der Waals surface area contributed by atoms with E-state index in [2.05, 4.69) is 19.1 Å². The number of hydrogen-bond acceptors (Lipinski definition) is 2. The molecule has 4 unspecified atom stereocenters. The average Bonchev–Trinajstić information content (AvgIpc) is 2.69. The van der Waals surface area contributed by atoms with Crippen LogP contribution in [0.15, 0.2) is 12.2 Å². The third-order valence-electron chi connectivity index (χ3n) is 5.47. The van der Waals surface area contributed by atoms with Gasteiger partial charge < -0.3 is 4.74 Å². The van der Waals surface area contributed by atoms with Crippen LogP contribution in [-0.2, 0) is 9.53 Å². The molecule has 0 heterocycles. The van der Waals surface area contributed by atoms with Crippen molar-refractivity contribution in [2.75, 3.05) is 6.61 Å². The lowest BCUT2D eigenvalue weighted by Crippen LogP contribution is -2.20. The average molecular weight is 248 g/mol. The first-order valence-electron chi connectivity index (χ1n) is 7.60. The van der Waals surface area contributed by atoms with E-state index in [0.717, 1.165) is 0 Å². The molecule has 100 valence electrons. The number of fused-ring (bicyclic) bond motifs is 5. The molecule has 0 radical (unpaired) electrons. The Morgan fingerprint density at radius 1 is 1.33 bits per heavy atom. The van der Waals surface area contributed by atoms with Crippen LogP contribution in [0.2, 0.25) is 0 Å². The second-order valence-electron chi connectivity index (χ2n) is 6.22. The Morgan fingerprint density at radius 2 is 2.17 bits per heavy atom. The minimum Gasteiger partial charge on any atom is -0.466 e. The van der Waals surface area contributed by atoms with Crippen molar-refractivity contribution >= 4 is 5.97 Å². The third-order valence-corrected chi connectivity index (χ3v) is 5.47. The van der Waals surface area contributed by atoms with E-state index in [1.54, 1.807) is 0 Å². The summed E-state index contributed by atoms with van der Waals surface area (Å²) in [6.07, 6.45) is 11.1. The summed E-state index contributed by atoms with van der Waals surface area (Å²) in [6, 6.07) is 0. The van der Waals surface area contributed by atoms with Crippen molar-refractivity contribution < 1.29 is 9.53 Å². The van der Waals surface area contributed by atoms with Crippen molar-refractivity contribution in [3.8, 4) is 0 Å². The molecule has 0 aromatic heterocycles. The smallest absolute Gasteiger partial charge is 0.309 e. The largest absolute Gasteiger partial charge is 0.466 e. The summed E-state index contributed by atoms with van der Waals surface area (Å²) in [5.74, 6) is 2.25. The van der Waals surface area contributed by atoms with Crippen LogP contribution < -0.4 is 0 Å². The molecule has 18 heavy (non-hydrogen) atoms. The van der Waals surface area contributed by atoms with Gasteiger partial charge in [0.15, 0.2) is 0 Å². The minimum absolute atomic E-state index is 0.0809. The predicted molar refractivity (Wildman–Crippen MR) is 70.9 cm³/mol. The summed E-state index contributed by atoms with van der Waals surface area (Å²) in [5, 5.41) is 0. The van der Waals surface area contributed by atoms with E-state index in [4.69, 9.17) is 4.74 Å². The van der Waals surface area contributed by atoms with Gasteiger partial charge in [-0.1, -0.05) is 38.3 Å². The normalized spacial score (nSPS) is 43.0. The molecule has 0 amide bonds. The number of carbonyl (C=O) groups excluding carboxylic acids is 1. The Hall–Kier alpha value is -0.790. The van der Waals surface area contributed by atoms with Crippen molar-refractivity contribution in [1.82, 2.24) is 0 Å². The van der Waals surface area contributed by atoms with Crippen LogP contribution >= 0.6 is 0 Å². The molecule has 0 aromatic carbocycles. The molecule has 2 fully saturated rings. The number of esters is 1. The first-order chi connectivity index (χ1) is 8.75. The van der Waals surface area contributed by atoms with E-state index in [-0.39, 0.29) is 11.9 Å². The fourth-order valence-corrected chi connectivity index (χ4v) is 4.79. The maximum Gasteiger partial charge on any atom is 0.309 e.